The van der Waals surface area contributed by atoms with Gasteiger partial charge in [0.15, 0.2) is 0 Å². The van der Waals surface area contributed by atoms with Gasteiger partial charge in [-0.25, -0.2) is 0 Å². The van der Waals surface area contributed by atoms with Gasteiger partial charge in [-0.1, -0.05) is 37.1 Å². The van der Waals surface area contributed by atoms with Crippen LogP contribution < -0.4 is 0 Å². The van der Waals surface area contributed by atoms with E-state index in [0.717, 1.165) is 44.9 Å². The molecule has 0 aromatic rings. The molecule has 0 unspecified atom stereocenters. The highest BCUT2D eigenvalue weighted by Crippen LogP contribution is 2.48. The van der Waals surface area contributed by atoms with Crippen LogP contribution in [0.15, 0.2) is 23.3 Å². The summed E-state index contributed by atoms with van der Waals surface area (Å²) < 4.78 is 12.5. The Bertz CT molecular complexity index is 545. The first kappa shape index (κ1) is 20.2. The van der Waals surface area contributed by atoms with Gasteiger partial charge in [-0.15, -0.1) is 0 Å². The van der Waals surface area contributed by atoms with Crippen molar-refractivity contribution in [1.29, 1.82) is 0 Å². The van der Waals surface area contributed by atoms with Crippen molar-refractivity contribution in [2.45, 2.75) is 104 Å². The fraction of sp³-hybridized carbons (Fsp3) is 0.773. The van der Waals surface area contributed by atoms with Crippen LogP contribution in [-0.4, -0.2) is 23.3 Å². The molecule has 0 radical (unpaired) electrons. The van der Waals surface area contributed by atoms with Crippen molar-refractivity contribution in [2.24, 2.45) is 5.92 Å². The predicted molar refractivity (Wildman–Crippen MR) is 102 cm³/mol. The van der Waals surface area contributed by atoms with E-state index in [1.165, 1.54) is 18.1 Å². The second-order valence-corrected chi connectivity index (χ2v) is 8.61. The Labute approximate surface area is 153 Å². The van der Waals surface area contributed by atoms with Gasteiger partial charge in [0.05, 0.1) is 5.60 Å². The molecule has 3 nitrogen and oxygen atoms in total. The zero-order chi connectivity index (χ0) is 18.7. The standard InChI is InChI=1S/C22H36O3/c1-16(2)22-13-12-18(4)9-7-8-17(3)10-11-20(24-19(5)23)21(6,25-22)14-15-22/h8,12,16,20H,7,9-11,13-15H2,1-6H3/b17-8-,18-12-/t20-,21-,22+/m0/s1. The third kappa shape index (κ3) is 4.97. The average molecular weight is 349 g/mol. The largest absolute Gasteiger partial charge is 0.459 e. The quantitative estimate of drug-likeness (QED) is 0.471. The van der Waals surface area contributed by atoms with E-state index in [9.17, 15) is 4.79 Å². The number of rotatable bonds is 2. The van der Waals surface area contributed by atoms with Crippen LogP contribution in [0.3, 0.4) is 0 Å². The molecule has 0 spiro atoms. The van der Waals surface area contributed by atoms with E-state index in [1.54, 1.807) is 0 Å². The minimum atomic E-state index is -0.397. The molecule has 2 heterocycles. The molecule has 0 N–H and O–H groups in total. The second kappa shape index (κ2) is 8.07. The van der Waals surface area contributed by atoms with E-state index in [1.807, 2.05) is 0 Å². The number of fused-ring (bicyclic) bond motifs is 2. The minimum Gasteiger partial charge on any atom is -0.459 e. The first-order valence-electron chi connectivity index (χ1n) is 9.85. The molecule has 2 aliphatic heterocycles. The van der Waals surface area contributed by atoms with E-state index in [-0.39, 0.29) is 17.7 Å². The van der Waals surface area contributed by atoms with E-state index < -0.39 is 5.60 Å². The molecule has 0 amide bonds. The van der Waals surface area contributed by atoms with Crippen LogP contribution in [0.1, 0.15) is 86.5 Å². The summed E-state index contributed by atoms with van der Waals surface area (Å²) in [6, 6.07) is 0. The van der Waals surface area contributed by atoms with Gasteiger partial charge in [-0.2, -0.15) is 0 Å². The first-order chi connectivity index (χ1) is 11.7. The molecule has 3 atom stereocenters. The maximum absolute atomic E-state index is 11.7. The predicted octanol–water partition coefficient (Wildman–Crippen LogP) is 5.74. The molecule has 2 bridgehead atoms. The summed E-state index contributed by atoms with van der Waals surface area (Å²) in [5.41, 5.74) is 2.27. The molecule has 2 rings (SSSR count). The van der Waals surface area contributed by atoms with Gasteiger partial charge in [0, 0.05) is 6.92 Å². The maximum Gasteiger partial charge on any atom is 0.303 e. The van der Waals surface area contributed by atoms with Gasteiger partial charge in [0.2, 0.25) is 0 Å². The van der Waals surface area contributed by atoms with E-state index >= 15 is 0 Å². The zero-order valence-corrected chi connectivity index (χ0v) is 17.0. The zero-order valence-electron chi connectivity index (χ0n) is 17.0. The molecule has 25 heavy (non-hydrogen) atoms. The molecule has 0 aromatic heterocycles. The summed E-state index contributed by atoms with van der Waals surface area (Å²) in [7, 11) is 0. The van der Waals surface area contributed by atoms with Gasteiger partial charge >= 0.3 is 5.97 Å². The molecule has 142 valence electrons. The Morgan fingerprint density at radius 3 is 2.52 bits per heavy atom. The van der Waals surface area contributed by atoms with Crippen molar-refractivity contribution < 1.29 is 14.3 Å². The topological polar surface area (TPSA) is 35.5 Å². The lowest BCUT2D eigenvalue weighted by Crippen LogP contribution is -2.46. The average Bonchev–Trinajstić information content (AvgIpc) is 2.88. The normalized spacial score (nSPS) is 38.6. The van der Waals surface area contributed by atoms with Crippen LogP contribution >= 0.6 is 0 Å². The Kier molecular flexibility index (Phi) is 6.53. The second-order valence-electron chi connectivity index (χ2n) is 8.61. The lowest BCUT2D eigenvalue weighted by molar-refractivity contribution is -0.186. The third-order valence-corrected chi connectivity index (χ3v) is 6.15. The Balaban J connectivity index is 2.35. The summed E-state index contributed by atoms with van der Waals surface area (Å²) in [6.45, 7) is 12.6. The summed E-state index contributed by atoms with van der Waals surface area (Å²) in [5, 5.41) is 0. The molecular weight excluding hydrogens is 312 g/mol. The van der Waals surface area contributed by atoms with Gasteiger partial charge in [-0.05, 0) is 71.6 Å². The number of carbonyl (C=O) groups is 1. The van der Waals surface area contributed by atoms with Gasteiger partial charge in [0.1, 0.15) is 11.7 Å². The molecule has 1 saturated heterocycles. The SMILES string of the molecule is CC(=O)O[C@H]1CC/C(C)=C\CC/C(C)=C\C[C@]2(C(C)C)CC[C@]1(C)O2. The van der Waals surface area contributed by atoms with Crippen molar-refractivity contribution in [3.05, 3.63) is 23.3 Å². The Morgan fingerprint density at radius 2 is 1.88 bits per heavy atom. The fourth-order valence-electron chi connectivity index (χ4n) is 4.18. The van der Waals surface area contributed by atoms with Crippen LogP contribution in [0.2, 0.25) is 0 Å². The third-order valence-electron chi connectivity index (χ3n) is 6.15. The van der Waals surface area contributed by atoms with Crippen molar-refractivity contribution in [1.82, 2.24) is 0 Å². The van der Waals surface area contributed by atoms with E-state index in [2.05, 4.69) is 46.8 Å². The summed E-state index contributed by atoms with van der Waals surface area (Å²) >= 11 is 0. The van der Waals surface area contributed by atoms with Crippen molar-refractivity contribution >= 4 is 5.97 Å². The number of allylic oxidation sites excluding steroid dienone is 3. The monoisotopic (exact) mass is 348 g/mol. The molecule has 0 aliphatic carbocycles. The van der Waals surface area contributed by atoms with Gasteiger partial charge < -0.3 is 9.47 Å². The van der Waals surface area contributed by atoms with E-state index in [4.69, 9.17) is 9.47 Å². The molecule has 3 heteroatoms. The van der Waals surface area contributed by atoms with Crippen LogP contribution in [0, 0.1) is 5.92 Å². The molecule has 2 aliphatic rings. The van der Waals surface area contributed by atoms with Gasteiger partial charge in [0.25, 0.3) is 0 Å². The summed E-state index contributed by atoms with van der Waals surface area (Å²) in [4.78, 5) is 11.7. The molecule has 0 aromatic carbocycles. The van der Waals surface area contributed by atoms with E-state index in [0.29, 0.717) is 5.92 Å². The fourth-order valence-corrected chi connectivity index (χ4v) is 4.18. The van der Waals surface area contributed by atoms with Crippen LogP contribution in [0.4, 0.5) is 0 Å². The Hall–Kier alpha value is -1.09. The number of ether oxygens (including phenoxy) is 2. The number of esters is 1. The highest BCUT2D eigenvalue weighted by Gasteiger charge is 2.52. The van der Waals surface area contributed by atoms with Crippen molar-refractivity contribution in [3.8, 4) is 0 Å². The number of carbonyl (C=O) groups excluding carboxylic acids is 1. The van der Waals surface area contributed by atoms with Crippen LogP contribution in [0.5, 0.6) is 0 Å². The number of hydrogen-bond acceptors (Lipinski definition) is 3. The van der Waals surface area contributed by atoms with Gasteiger partial charge in [-0.3, -0.25) is 4.79 Å². The lowest BCUT2D eigenvalue weighted by atomic mass is 9.82. The summed E-state index contributed by atoms with van der Waals surface area (Å²) in [5.74, 6) is 0.222. The lowest BCUT2D eigenvalue weighted by Gasteiger charge is -2.39. The Morgan fingerprint density at radius 1 is 1.20 bits per heavy atom. The van der Waals surface area contributed by atoms with Crippen molar-refractivity contribution in [3.63, 3.8) is 0 Å². The highest BCUT2D eigenvalue weighted by atomic mass is 16.6. The smallest absolute Gasteiger partial charge is 0.303 e. The van der Waals surface area contributed by atoms with Crippen LogP contribution in [-0.2, 0) is 14.3 Å². The van der Waals surface area contributed by atoms with Crippen molar-refractivity contribution in [2.75, 3.05) is 0 Å². The minimum absolute atomic E-state index is 0.148. The molecule has 1 fully saturated rings. The maximum atomic E-state index is 11.7. The first-order valence-corrected chi connectivity index (χ1v) is 9.85. The molecular formula is C22H36O3. The summed E-state index contributed by atoms with van der Waals surface area (Å²) in [6.07, 6.45) is 11.4. The number of hydrogen-bond donors (Lipinski definition) is 0. The molecule has 0 saturated carbocycles. The highest BCUT2D eigenvalue weighted by molar-refractivity contribution is 5.66. The van der Waals surface area contributed by atoms with Crippen LogP contribution in [0.25, 0.3) is 0 Å².